The molecule has 1 atom stereocenters. The molecule has 0 aliphatic heterocycles. The molecule has 0 radical (unpaired) electrons. The molecule has 0 aliphatic rings. The first-order valence-electron chi connectivity index (χ1n) is 8.03. The summed E-state index contributed by atoms with van der Waals surface area (Å²) in [5, 5.41) is 21.1. The smallest absolute Gasteiger partial charge is 0.427 e. The van der Waals surface area contributed by atoms with Crippen molar-refractivity contribution in [3.63, 3.8) is 0 Å². The number of amides is 1. The summed E-state index contributed by atoms with van der Waals surface area (Å²) in [6.07, 6.45) is 6.08. The number of nitrogens with zero attached hydrogens (tertiary/aromatic N) is 2. The largest absolute Gasteiger partial charge is 0.453 e. The zero-order chi connectivity index (χ0) is 17.8. The second-order valence-corrected chi connectivity index (χ2v) is 5.37. The summed E-state index contributed by atoms with van der Waals surface area (Å²) in [5.41, 5.74) is 1.20. The minimum Gasteiger partial charge on any atom is -0.427 e. The third kappa shape index (κ3) is 7.85. The fraction of sp³-hybridized carbons (Fsp3) is 0.353. The van der Waals surface area contributed by atoms with Gasteiger partial charge in [-0.1, -0.05) is 50.6 Å². The molecular weight excluding hydrogens is 305 g/mol. The fourth-order valence-electron chi connectivity index (χ4n) is 2.02. The Hall–Kier alpha value is -2.25. The molecule has 1 aromatic heterocycles. The van der Waals surface area contributed by atoms with Crippen LogP contribution in [0.4, 0.5) is 0 Å². The SMILES string of the molecule is CCC.O=C(NC(CB(O)O)Cc1ccccc1)c1cnccn1. The molecule has 1 amide bonds. The van der Waals surface area contributed by atoms with Gasteiger partial charge < -0.3 is 15.4 Å². The minimum absolute atomic E-state index is 0.0426. The molecule has 7 heteroatoms. The Bertz CT molecular complexity index is 582. The monoisotopic (exact) mass is 329 g/mol. The van der Waals surface area contributed by atoms with Gasteiger partial charge in [-0.05, 0) is 12.0 Å². The molecule has 3 N–H and O–H groups in total. The van der Waals surface area contributed by atoms with E-state index in [1.165, 1.54) is 25.0 Å². The van der Waals surface area contributed by atoms with E-state index in [0.29, 0.717) is 6.42 Å². The standard InChI is InChI=1S/C14H16BN3O3.C3H8/c19-14(13-10-16-6-7-17-13)18-12(9-15(20)21)8-11-4-2-1-3-5-11;1-3-2/h1-7,10,12,20-21H,8-9H2,(H,18,19);3H2,1-2H3. The van der Waals surface area contributed by atoms with Gasteiger partial charge >= 0.3 is 7.12 Å². The molecule has 1 aromatic carbocycles. The third-order valence-corrected chi connectivity index (χ3v) is 2.95. The van der Waals surface area contributed by atoms with Crippen LogP contribution in [0, 0.1) is 0 Å². The van der Waals surface area contributed by atoms with E-state index in [-0.39, 0.29) is 17.9 Å². The number of aromatic nitrogens is 2. The van der Waals surface area contributed by atoms with Crippen LogP contribution >= 0.6 is 0 Å². The number of hydrogen-bond donors (Lipinski definition) is 3. The summed E-state index contributed by atoms with van der Waals surface area (Å²) >= 11 is 0. The molecular formula is C17H24BN3O3. The molecule has 0 aliphatic carbocycles. The molecule has 128 valence electrons. The molecule has 0 saturated carbocycles. The molecule has 0 saturated heterocycles. The molecule has 6 nitrogen and oxygen atoms in total. The highest BCUT2D eigenvalue weighted by Crippen LogP contribution is 2.08. The second kappa shape index (κ2) is 11.3. The van der Waals surface area contributed by atoms with Crippen molar-refractivity contribution in [3.8, 4) is 0 Å². The Labute approximate surface area is 143 Å². The zero-order valence-corrected chi connectivity index (χ0v) is 14.1. The van der Waals surface area contributed by atoms with E-state index in [1.807, 2.05) is 30.3 Å². The first-order chi connectivity index (χ1) is 11.6. The summed E-state index contributed by atoms with van der Waals surface area (Å²) in [6, 6.07) is 9.13. The maximum absolute atomic E-state index is 12.0. The van der Waals surface area contributed by atoms with Crippen molar-refractivity contribution < 1.29 is 14.8 Å². The van der Waals surface area contributed by atoms with Gasteiger partial charge in [-0.3, -0.25) is 9.78 Å². The van der Waals surface area contributed by atoms with E-state index in [9.17, 15) is 4.79 Å². The molecule has 24 heavy (non-hydrogen) atoms. The Morgan fingerprint density at radius 3 is 2.42 bits per heavy atom. The maximum atomic E-state index is 12.0. The Morgan fingerprint density at radius 2 is 1.88 bits per heavy atom. The summed E-state index contributed by atoms with van der Waals surface area (Å²) < 4.78 is 0. The predicted octanol–water partition coefficient (Wildman–Crippen LogP) is 1.71. The van der Waals surface area contributed by atoms with E-state index in [1.54, 1.807) is 0 Å². The van der Waals surface area contributed by atoms with Crippen LogP contribution in [0.1, 0.15) is 36.3 Å². The van der Waals surface area contributed by atoms with Crippen LogP contribution in [0.25, 0.3) is 0 Å². The molecule has 2 rings (SSSR count). The predicted molar refractivity (Wildman–Crippen MR) is 94.4 cm³/mol. The molecule has 2 aromatic rings. The maximum Gasteiger partial charge on any atom is 0.453 e. The quantitative estimate of drug-likeness (QED) is 0.701. The number of hydrogen-bond acceptors (Lipinski definition) is 5. The Kier molecular flexibility index (Phi) is 9.34. The van der Waals surface area contributed by atoms with E-state index in [4.69, 9.17) is 10.0 Å². The van der Waals surface area contributed by atoms with Gasteiger partial charge in [0.15, 0.2) is 0 Å². The number of nitrogens with one attached hydrogen (secondary N) is 1. The summed E-state index contributed by atoms with van der Waals surface area (Å²) in [6.45, 7) is 4.25. The molecule has 0 fully saturated rings. The van der Waals surface area contributed by atoms with Crippen molar-refractivity contribution in [2.24, 2.45) is 0 Å². The van der Waals surface area contributed by atoms with Gasteiger partial charge in [0.2, 0.25) is 0 Å². The van der Waals surface area contributed by atoms with Gasteiger partial charge in [0, 0.05) is 24.8 Å². The van der Waals surface area contributed by atoms with Crippen molar-refractivity contribution >= 4 is 13.0 Å². The van der Waals surface area contributed by atoms with Crippen LogP contribution in [-0.2, 0) is 6.42 Å². The highest BCUT2D eigenvalue weighted by molar-refractivity contribution is 6.41. The van der Waals surface area contributed by atoms with Crippen LogP contribution in [0.15, 0.2) is 48.9 Å². The van der Waals surface area contributed by atoms with Crippen molar-refractivity contribution in [1.29, 1.82) is 0 Å². The lowest BCUT2D eigenvalue weighted by atomic mass is 9.80. The van der Waals surface area contributed by atoms with Gasteiger partial charge in [0.1, 0.15) is 5.69 Å². The summed E-state index contributed by atoms with van der Waals surface area (Å²) in [4.78, 5) is 19.8. The fourth-order valence-corrected chi connectivity index (χ4v) is 2.02. The van der Waals surface area contributed by atoms with E-state index >= 15 is 0 Å². The van der Waals surface area contributed by atoms with Crippen LogP contribution in [0.2, 0.25) is 6.32 Å². The first-order valence-corrected chi connectivity index (χ1v) is 8.03. The van der Waals surface area contributed by atoms with Crippen LogP contribution in [0.5, 0.6) is 0 Å². The summed E-state index contributed by atoms with van der Waals surface area (Å²) in [7, 11) is -1.49. The van der Waals surface area contributed by atoms with E-state index in [2.05, 4.69) is 29.1 Å². The topological polar surface area (TPSA) is 95.3 Å². The molecule has 1 heterocycles. The number of benzene rings is 1. The Balaban J connectivity index is 0.000000891. The highest BCUT2D eigenvalue weighted by atomic mass is 16.4. The molecule has 0 bridgehead atoms. The number of carbonyl (C=O) groups is 1. The average molecular weight is 329 g/mol. The second-order valence-electron chi connectivity index (χ2n) is 5.37. The van der Waals surface area contributed by atoms with Crippen molar-refractivity contribution in [2.75, 3.05) is 0 Å². The number of rotatable bonds is 6. The normalized spacial score (nSPS) is 11.0. The van der Waals surface area contributed by atoms with Crippen LogP contribution in [0.3, 0.4) is 0 Å². The lowest BCUT2D eigenvalue weighted by Crippen LogP contribution is -2.39. The van der Waals surface area contributed by atoms with E-state index < -0.39 is 13.2 Å². The van der Waals surface area contributed by atoms with Gasteiger partial charge in [0.05, 0.1) is 6.20 Å². The summed E-state index contributed by atoms with van der Waals surface area (Å²) in [5.74, 6) is -0.385. The third-order valence-electron chi connectivity index (χ3n) is 2.95. The van der Waals surface area contributed by atoms with Crippen molar-refractivity contribution in [3.05, 3.63) is 60.2 Å². The lowest BCUT2D eigenvalue weighted by molar-refractivity contribution is 0.0933. The zero-order valence-electron chi connectivity index (χ0n) is 14.1. The average Bonchev–Trinajstić information content (AvgIpc) is 2.56. The Morgan fingerprint density at radius 1 is 1.21 bits per heavy atom. The van der Waals surface area contributed by atoms with Gasteiger partial charge in [-0.15, -0.1) is 0 Å². The first kappa shape index (κ1) is 19.8. The molecule has 0 spiro atoms. The van der Waals surface area contributed by atoms with Gasteiger partial charge in [-0.25, -0.2) is 4.98 Å². The lowest BCUT2D eigenvalue weighted by Gasteiger charge is -2.18. The van der Waals surface area contributed by atoms with Gasteiger partial charge in [-0.2, -0.15) is 0 Å². The molecule has 1 unspecified atom stereocenters. The number of carbonyl (C=O) groups excluding carboxylic acids is 1. The van der Waals surface area contributed by atoms with Gasteiger partial charge in [0.25, 0.3) is 5.91 Å². The minimum atomic E-state index is -1.49. The van der Waals surface area contributed by atoms with Crippen molar-refractivity contribution in [2.45, 2.75) is 39.1 Å². The van der Waals surface area contributed by atoms with E-state index in [0.717, 1.165) is 5.56 Å². The van der Waals surface area contributed by atoms with Crippen LogP contribution in [-0.4, -0.2) is 39.1 Å². The van der Waals surface area contributed by atoms with Crippen LogP contribution < -0.4 is 5.32 Å². The highest BCUT2D eigenvalue weighted by Gasteiger charge is 2.20. The van der Waals surface area contributed by atoms with Crippen molar-refractivity contribution in [1.82, 2.24) is 15.3 Å².